The van der Waals surface area contributed by atoms with Gasteiger partial charge < -0.3 is 19.3 Å². The summed E-state index contributed by atoms with van der Waals surface area (Å²) in [5.41, 5.74) is 12.1. The van der Waals surface area contributed by atoms with Crippen LogP contribution in [0.4, 0.5) is 34.1 Å². The Hall–Kier alpha value is -7.26. The normalized spacial score (nSPS) is 12.7. The zero-order valence-electron chi connectivity index (χ0n) is 30.7. The summed E-state index contributed by atoms with van der Waals surface area (Å²) in [6.45, 7) is 0. The fourth-order valence-corrected chi connectivity index (χ4v) is 10.1. The number of nitrogens with zero attached hydrogens (tertiary/aromatic N) is 4. The summed E-state index contributed by atoms with van der Waals surface area (Å²) < 4.78 is 15.1. The molecule has 8 heteroatoms. The van der Waals surface area contributed by atoms with E-state index in [4.69, 9.17) is 19.4 Å². The molecule has 2 aromatic heterocycles. The molecule has 0 atom stereocenters. The number of ether oxygens (including phenoxy) is 2. The lowest BCUT2D eigenvalue weighted by molar-refractivity contribution is 0.477. The van der Waals surface area contributed by atoms with Crippen molar-refractivity contribution in [3.05, 3.63) is 182 Å². The molecule has 0 amide bonds. The van der Waals surface area contributed by atoms with Gasteiger partial charge in [-0.15, -0.1) is 22.7 Å². The Kier molecular flexibility index (Phi) is 7.47. The van der Waals surface area contributed by atoms with Crippen molar-refractivity contribution in [2.24, 2.45) is 0 Å². The number of rotatable bonds is 5. The quantitative estimate of drug-likeness (QED) is 0.173. The van der Waals surface area contributed by atoms with Gasteiger partial charge in [-0.3, -0.25) is 0 Å². The number of thiazole rings is 2. The van der Waals surface area contributed by atoms with Gasteiger partial charge in [-0.05, 0) is 108 Å². The lowest BCUT2D eigenvalue weighted by Crippen LogP contribution is -2.16. The molecule has 10 aromatic rings. The molecule has 4 heterocycles. The number of hydrogen-bond acceptors (Lipinski definition) is 8. The van der Waals surface area contributed by atoms with E-state index < -0.39 is 0 Å². The minimum Gasteiger partial charge on any atom is -0.453 e. The zero-order valence-corrected chi connectivity index (χ0v) is 32.4. The highest BCUT2D eigenvalue weighted by Gasteiger charge is 2.29. The number of fused-ring (bicyclic) bond motifs is 6. The molecule has 2 aliphatic heterocycles. The van der Waals surface area contributed by atoms with Crippen molar-refractivity contribution in [1.82, 2.24) is 9.97 Å². The fraction of sp³-hybridized carbons (Fsp3) is 0. The largest absolute Gasteiger partial charge is 0.453 e. The monoisotopic (exact) mass is 782 g/mol. The van der Waals surface area contributed by atoms with Gasteiger partial charge in [0, 0.05) is 22.5 Å². The maximum atomic E-state index is 6.40. The van der Waals surface area contributed by atoms with Crippen molar-refractivity contribution in [1.29, 1.82) is 0 Å². The Labute approximate surface area is 342 Å². The second-order valence-corrected chi connectivity index (χ2v) is 16.2. The standard InChI is InChI=1S/C50H30N4O2S2/c1-11-23-47-37(13-1)51-49(57-47)35-29-31(53-39-15-3-7-19-43(39)55-44-20-8-4-16-40(44)53)25-27-33(35)34-28-26-32(30-36(34)50-52-38-14-2-12-24-48(38)58-50)54-41-17-5-9-21-45(41)56-46-22-10-6-18-42(46)54/h1-30H. The van der Waals surface area contributed by atoms with E-state index in [1.807, 2.05) is 48.5 Å². The summed E-state index contributed by atoms with van der Waals surface area (Å²) >= 11 is 3.42. The Bertz CT molecular complexity index is 2870. The predicted octanol–water partition coefficient (Wildman–Crippen LogP) is 15.1. The molecule has 2 aliphatic rings. The summed E-state index contributed by atoms with van der Waals surface area (Å²) in [5.74, 6) is 3.25. The molecule has 0 spiro atoms. The van der Waals surface area contributed by atoms with Gasteiger partial charge in [-0.25, -0.2) is 9.97 Å². The highest BCUT2D eigenvalue weighted by molar-refractivity contribution is 7.22. The van der Waals surface area contributed by atoms with E-state index in [-0.39, 0.29) is 0 Å². The van der Waals surface area contributed by atoms with E-state index in [1.54, 1.807) is 22.7 Å². The minimum absolute atomic E-state index is 0.812. The first kappa shape index (κ1) is 32.9. The average Bonchev–Trinajstić information content (AvgIpc) is 3.92. The smallest absolute Gasteiger partial charge is 0.151 e. The average molecular weight is 783 g/mol. The summed E-state index contributed by atoms with van der Waals surface area (Å²) in [4.78, 5) is 15.1. The van der Waals surface area contributed by atoms with Gasteiger partial charge in [0.05, 0.1) is 43.2 Å². The highest BCUT2D eigenvalue weighted by atomic mass is 32.1. The third-order valence-corrected chi connectivity index (χ3v) is 12.9. The van der Waals surface area contributed by atoms with E-state index in [2.05, 4.69) is 143 Å². The lowest BCUT2D eigenvalue weighted by atomic mass is 9.93. The first-order chi connectivity index (χ1) is 28.7. The SMILES string of the molecule is c1ccc2c(c1)Oc1ccccc1N2c1ccc(-c2ccc(N3c4ccccc4Oc4ccccc43)cc2-c2nc3ccccc3s2)c(-c2nc3ccccc3s2)c1. The van der Waals surface area contributed by atoms with Crippen LogP contribution in [0.15, 0.2) is 182 Å². The van der Waals surface area contributed by atoms with Gasteiger partial charge >= 0.3 is 0 Å². The molecule has 274 valence electrons. The zero-order chi connectivity index (χ0) is 38.2. The van der Waals surface area contributed by atoms with Crippen molar-refractivity contribution in [3.8, 4) is 55.3 Å². The van der Waals surface area contributed by atoms with Gasteiger partial charge in [-0.1, -0.05) is 84.9 Å². The van der Waals surface area contributed by atoms with E-state index >= 15 is 0 Å². The molecule has 0 bridgehead atoms. The van der Waals surface area contributed by atoms with Gasteiger partial charge in [0.25, 0.3) is 0 Å². The third kappa shape index (κ3) is 5.30. The van der Waals surface area contributed by atoms with Crippen molar-refractivity contribution in [3.63, 3.8) is 0 Å². The first-order valence-corrected chi connectivity index (χ1v) is 20.7. The minimum atomic E-state index is 0.812. The number of anilines is 6. The first-order valence-electron chi connectivity index (χ1n) is 19.1. The van der Waals surface area contributed by atoms with E-state index in [1.165, 1.54) is 0 Å². The van der Waals surface area contributed by atoms with Crippen molar-refractivity contribution >= 4 is 77.2 Å². The fourth-order valence-electron chi connectivity index (χ4n) is 8.11. The number of aromatic nitrogens is 2. The molecule has 6 nitrogen and oxygen atoms in total. The van der Waals surface area contributed by atoms with Crippen molar-refractivity contribution in [2.45, 2.75) is 0 Å². The molecule has 0 aliphatic carbocycles. The number of benzene rings is 8. The third-order valence-electron chi connectivity index (χ3n) is 10.7. The molecule has 0 saturated heterocycles. The van der Waals surface area contributed by atoms with E-state index in [0.29, 0.717) is 0 Å². The molecular formula is C50H30N4O2S2. The van der Waals surface area contributed by atoms with Crippen LogP contribution in [-0.4, -0.2) is 9.97 Å². The molecule has 0 N–H and O–H groups in total. The predicted molar refractivity (Wildman–Crippen MR) is 239 cm³/mol. The van der Waals surface area contributed by atoms with Crippen LogP contribution >= 0.6 is 22.7 Å². The van der Waals surface area contributed by atoms with Gasteiger partial charge in [0.15, 0.2) is 23.0 Å². The van der Waals surface area contributed by atoms with Gasteiger partial charge in [0.1, 0.15) is 10.0 Å². The lowest BCUT2D eigenvalue weighted by Gasteiger charge is -2.33. The molecular weight excluding hydrogens is 753 g/mol. The molecule has 12 rings (SSSR count). The van der Waals surface area contributed by atoms with Crippen LogP contribution in [0.5, 0.6) is 23.0 Å². The topological polar surface area (TPSA) is 50.7 Å². The summed E-state index contributed by atoms with van der Waals surface area (Å²) in [6, 6.07) is 63.1. The second-order valence-electron chi connectivity index (χ2n) is 14.2. The molecule has 0 unspecified atom stereocenters. The van der Waals surface area contributed by atoms with Crippen LogP contribution in [0.3, 0.4) is 0 Å². The Morgan fingerprint density at radius 1 is 0.345 bits per heavy atom. The summed E-state index contributed by atoms with van der Waals surface area (Å²) in [6.07, 6.45) is 0. The van der Waals surface area contributed by atoms with Crippen LogP contribution in [-0.2, 0) is 0 Å². The maximum absolute atomic E-state index is 6.40. The molecule has 0 fully saturated rings. The molecule has 0 saturated carbocycles. The maximum Gasteiger partial charge on any atom is 0.151 e. The van der Waals surface area contributed by atoms with Crippen LogP contribution < -0.4 is 19.3 Å². The van der Waals surface area contributed by atoms with Crippen LogP contribution in [0, 0.1) is 0 Å². The van der Waals surface area contributed by atoms with Gasteiger partial charge in [0.2, 0.25) is 0 Å². The Balaban J connectivity index is 1.11. The van der Waals surface area contributed by atoms with Crippen LogP contribution in [0.1, 0.15) is 0 Å². The van der Waals surface area contributed by atoms with Gasteiger partial charge in [-0.2, -0.15) is 0 Å². The molecule has 0 radical (unpaired) electrons. The summed E-state index contributed by atoms with van der Waals surface area (Å²) in [7, 11) is 0. The van der Waals surface area contributed by atoms with Crippen LogP contribution in [0.25, 0.3) is 52.7 Å². The second kappa shape index (κ2) is 13.2. The highest BCUT2D eigenvalue weighted by Crippen LogP contribution is 2.54. The summed E-state index contributed by atoms with van der Waals surface area (Å²) in [5, 5.41) is 1.89. The molecule has 8 aromatic carbocycles. The van der Waals surface area contributed by atoms with Crippen molar-refractivity contribution in [2.75, 3.05) is 9.80 Å². The Morgan fingerprint density at radius 2 is 0.690 bits per heavy atom. The Morgan fingerprint density at radius 3 is 1.07 bits per heavy atom. The number of para-hydroxylation sites is 10. The van der Waals surface area contributed by atoms with E-state index in [9.17, 15) is 0 Å². The van der Waals surface area contributed by atoms with E-state index in [0.717, 1.165) is 110 Å². The van der Waals surface area contributed by atoms with Crippen LogP contribution in [0.2, 0.25) is 0 Å². The number of hydrogen-bond donors (Lipinski definition) is 0. The van der Waals surface area contributed by atoms with Crippen molar-refractivity contribution < 1.29 is 9.47 Å². The molecule has 58 heavy (non-hydrogen) atoms.